The predicted octanol–water partition coefficient (Wildman–Crippen LogP) is 2.79. The van der Waals surface area contributed by atoms with Crippen molar-refractivity contribution in [2.24, 2.45) is 0 Å². The molecule has 1 aliphatic heterocycles. The van der Waals surface area contributed by atoms with Gasteiger partial charge in [-0.1, -0.05) is 17.7 Å². The lowest BCUT2D eigenvalue weighted by molar-refractivity contribution is 0.260. The fourth-order valence-electron chi connectivity index (χ4n) is 2.31. The van der Waals surface area contributed by atoms with Gasteiger partial charge in [-0.15, -0.1) is 0 Å². The molecule has 0 saturated carbocycles. The summed E-state index contributed by atoms with van der Waals surface area (Å²) < 4.78 is 5.69. The monoisotopic (exact) mass is 282 g/mol. The minimum atomic E-state index is 0.731. The Morgan fingerprint density at radius 2 is 2.16 bits per heavy atom. The van der Waals surface area contributed by atoms with Crippen molar-refractivity contribution >= 4 is 11.6 Å². The minimum Gasteiger partial charge on any atom is -0.494 e. The van der Waals surface area contributed by atoms with E-state index in [4.69, 9.17) is 16.3 Å². The molecular formula is C15H23ClN2O. The van der Waals surface area contributed by atoms with Gasteiger partial charge in [-0.25, -0.2) is 0 Å². The maximum Gasteiger partial charge on any atom is 0.120 e. The first kappa shape index (κ1) is 14.6. The van der Waals surface area contributed by atoms with Gasteiger partial charge >= 0.3 is 0 Å². The Kier molecular flexibility index (Phi) is 6.48. The molecule has 1 fully saturated rings. The van der Waals surface area contributed by atoms with Crippen LogP contribution >= 0.6 is 11.6 Å². The van der Waals surface area contributed by atoms with Crippen LogP contribution in [0.2, 0.25) is 5.02 Å². The average molecular weight is 283 g/mol. The van der Waals surface area contributed by atoms with Crippen LogP contribution in [0.15, 0.2) is 24.3 Å². The maximum absolute atomic E-state index is 5.91. The molecule has 0 aromatic heterocycles. The summed E-state index contributed by atoms with van der Waals surface area (Å²) in [5, 5.41) is 4.16. The number of ether oxygens (including phenoxy) is 1. The highest BCUT2D eigenvalue weighted by atomic mass is 35.5. The van der Waals surface area contributed by atoms with Gasteiger partial charge in [0.1, 0.15) is 5.75 Å². The normalized spacial score (nSPS) is 17.1. The van der Waals surface area contributed by atoms with Gasteiger partial charge in [0.05, 0.1) is 6.61 Å². The number of nitrogens with zero attached hydrogens (tertiary/aromatic N) is 1. The highest BCUT2D eigenvalue weighted by Gasteiger charge is 2.07. The molecule has 4 heteroatoms. The highest BCUT2D eigenvalue weighted by molar-refractivity contribution is 6.30. The zero-order valence-corrected chi connectivity index (χ0v) is 12.2. The van der Waals surface area contributed by atoms with E-state index in [0.29, 0.717) is 0 Å². The number of hydrogen-bond donors (Lipinski definition) is 1. The van der Waals surface area contributed by atoms with Crippen molar-refractivity contribution in [3.63, 3.8) is 0 Å². The van der Waals surface area contributed by atoms with Crippen molar-refractivity contribution in [1.82, 2.24) is 10.2 Å². The number of nitrogens with one attached hydrogen (secondary N) is 1. The van der Waals surface area contributed by atoms with Gasteiger partial charge in [-0.2, -0.15) is 0 Å². The summed E-state index contributed by atoms with van der Waals surface area (Å²) in [4.78, 5) is 2.54. The molecule has 0 amide bonds. The number of halogens is 1. The average Bonchev–Trinajstić information content (AvgIpc) is 2.67. The maximum atomic E-state index is 5.91. The van der Waals surface area contributed by atoms with Crippen LogP contribution in [0.4, 0.5) is 0 Å². The van der Waals surface area contributed by atoms with Crippen LogP contribution < -0.4 is 10.1 Å². The molecule has 0 atom stereocenters. The van der Waals surface area contributed by atoms with Gasteiger partial charge in [-0.05, 0) is 57.1 Å². The number of hydrogen-bond acceptors (Lipinski definition) is 3. The summed E-state index contributed by atoms with van der Waals surface area (Å²) in [7, 11) is 0. The lowest BCUT2D eigenvalue weighted by Gasteiger charge is -2.19. The molecule has 0 radical (unpaired) electrons. The van der Waals surface area contributed by atoms with Crippen molar-refractivity contribution in [2.75, 3.05) is 39.3 Å². The summed E-state index contributed by atoms with van der Waals surface area (Å²) in [5.74, 6) is 0.867. The number of benzene rings is 1. The highest BCUT2D eigenvalue weighted by Crippen LogP contribution is 2.17. The molecule has 106 valence electrons. The Morgan fingerprint density at radius 1 is 1.21 bits per heavy atom. The number of rotatable bonds is 6. The summed E-state index contributed by atoms with van der Waals surface area (Å²) in [6, 6.07) is 7.60. The standard InChI is InChI=1S/C15H23ClN2O/c16-14-5-3-6-15(13-14)19-12-2-1-9-18-10-4-7-17-8-11-18/h3,5-6,13,17H,1-2,4,7-12H2. The molecule has 0 aliphatic carbocycles. The molecular weight excluding hydrogens is 260 g/mol. The lowest BCUT2D eigenvalue weighted by Crippen LogP contribution is -2.29. The quantitative estimate of drug-likeness (QED) is 0.812. The molecule has 1 aromatic carbocycles. The van der Waals surface area contributed by atoms with Gasteiger partial charge in [-0.3, -0.25) is 0 Å². The van der Waals surface area contributed by atoms with E-state index >= 15 is 0 Å². The van der Waals surface area contributed by atoms with Crippen molar-refractivity contribution in [3.8, 4) is 5.75 Å². The van der Waals surface area contributed by atoms with E-state index in [1.54, 1.807) is 0 Å². The second kappa shape index (κ2) is 8.41. The molecule has 3 nitrogen and oxygen atoms in total. The molecule has 2 rings (SSSR count). The first-order chi connectivity index (χ1) is 9.34. The van der Waals surface area contributed by atoms with E-state index in [2.05, 4.69) is 10.2 Å². The van der Waals surface area contributed by atoms with Crippen molar-refractivity contribution < 1.29 is 4.74 Å². The van der Waals surface area contributed by atoms with Crippen LogP contribution in [-0.2, 0) is 0 Å². The summed E-state index contributed by atoms with van der Waals surface area (Å²) in [6.45, 7) is 6.64. The lowest BCUT2D eigenvalue weighted by atomic mass is 10.3. The molecule has 1 N–H and O–H groups in total. The van der Waals surface area contributed by atoms with E-state index in [1.165, 1.54) is 32.5 Å². The zero-order valence-electron chi connectivity index (χ0n) is 11.4. The summed E-state index contributed by atoms with van der Waals surface area (Å²) in [5.41, 5.74) is 0. The molecule has 0 bridgehead atoms. The zero-order chi connectivity index (χ0) is 13.3. The number of unbranched alkanes of at least 4 members (excludes halogenated alkanes) is 1. The smallest absolute Gasteiger partial charge is 0.120 e. The van der Waals surface area contributed by atoms with Crippen LogP contribution in [0.3, 0.4) is 0 Å². The van der Waals surface area contributed by atoms with Crippen LogP contribution in [0.1, 0.15) is 19.3 Å². The van der Waals surface area contributed by atoms with Crippen LogP contribution in [0, 0.1) is 0 Å². The molecule has 0 spiro atoms. The molecule has 19 heavy (non-hydrogen) atoms. The topological polar surface area (TPSA) is 24.5 Å². The summed E-state index contributed by atoms with van der Waals surface area (Å²) >= 11 is 5.91. The van der Waals surface area contributed by atoms with Crippen LogP contribution in [0.5, 0.6) is 5.75 Å². The van der Waals surface area contributed by atoms with Crippen molar-refractivity contribution in [2.45, 2.75) is 19.3 Å². The summed E-state index contributed by atoms with van der Waals surface area (Å²) in [6.07, 6.45) is 3.55. The molecule has 0 unspecified atom stereocenters. The molecule has 1 aromatic rings. The molecule has 1 aliphatic rings. The van der Waals surface area contributed by atoms with Gasteiger partial charge in [0.2, 0.25) is 0 Å². The van der Waals surface area contributed by atoms with Crippen LogP contribution in [-0.4, -0.2) is 44.2 Å². The second-order valence-electron chi connectivity index (χ2n) is 4.96. The van der Waals surface area contributed by atoms with E-state index in [9.17, 15) is 0 Å². The van der Waals surface area contributed by atoms with E-state index in [1.807, 2.05) is 24.3 Å². The fraction of sp³-hybridized carbons (Fsp3) is 0.600. The molecule has 1 heterocycles. The van der Waals surface area contributed by atoms with Gasteiger partial charge < -0.3 is 15.0 Å². The predicted molar refractivity (Wildman–Crippen MR) is 80.1 cm³/mol. The van der Waals surface area contributed by atoms with Crippen LogP contribution in [0.25, 0.3) is 0 Å². The van der Waals surface area contributed by atoms with Crippen molar-refractivity contribution in [1.29, 1.82) is 0 Å². The Bertz CT molecular complexity index is 365. The first-order valence-corrected chi connectivity index (χ1v) is 7.54. The third kappa shape index (κ3) is 5.81. The minimum absolute atomic E-state index is 0.731. The van der Waals surface area contributed by atoms with Gasteiger partial charge in [0.25, 0.3) is 0 Å². The first-order valence-electron chi connectivity index (χ1n) is 7.16. The Balaban J connectivity index is 1.56. The fourth-order valence-corrected chi connectivity index (χ4v) is 2.49. The third-order valence-corrected chi connectivity index (χ3v) is 3.60. The SMILES string of the molecule is Clc1cccc(OCCCCN2CCCNCC2)c1. The molecule has 1 saturated heterocycles. The van der Waals surface area contributed by atoms with E-state index in [0.717, 1.165) is 36.9 Å². The van der Waals surface area contributed by atoms with E-state index in [-0.39, 0.29) is 0 Å². The van der Waals surface area contributed by atoms with Gasteiger partial charge in [0.15, 0.2) is 0 Å². The second-order valence-corrected chi connectivity index (χ2v) is 5.39. The van der Waals surface area contributed by atoms with Gasteiger partial charge in [0, 0.05) is 18.1 Å². The Morgan fingerprint density at radius 3 is 3.05 bits per heavy atom. The Hall–Kier alpha value is -0.770. The largest absolute Gasteiger partial charge is 0.494 e. The van der Waals surface area contributed by atoms with E-state index < -0.39 is 0 Å². The Labute approximate surface area is 120 Å². The van der Waals surface area contributed by atoms with Crippen molar-refractivity contribution in [3.05, 3.63) is 29.3 Å². The third-order valence-electron chi connectivity index (χ3n) is 3.37.